The molecule has 76 valence electrons. The molecule has 0 spiro atoms. The van der Waals surface area contributed by atoms with Crippen LogP contribution in [0.2, 0.25) is 5.02 Å². The number of hydrogen-bond donors (Lipinski definition) is 1. The molecular weight excluding hydrogens is 206 g/mol. The van der Waals surface area contributed by atoms with Gasteiger partial charge in [-0.2, -0.15) is 0 Å². The highest BCUT2D eigenvalue weighted by atomic mass is 35.5. The number of hydrogen-bond acceptors (Lipinski definition) is 3. The lowest BCUT2D eigenvalue weighted by Crippen LogP contribution is -2.06. The SMILES string of the molecule is COCc1cc(C)c(Cl)c(C(=O)O)n1. The zero-order chi connectivity index (χ0) is 10.7. The molecule has 0 atom stereocenters. The van der Waals surface area contributed by atoms with Gasteiger partial charge in [0, 0.05) is 7.11 Å². The zero-order valence-corrected chi connectivity index (χ0v) is 8.63. The smallest absolute Gasteiger partial charge is 0.356 e. The summed E-state index contributed by atoms with van der Waals surface area (Å²) < 4.78 is 4.86. The molecule has 0 unspecified atom stereocenters. The van der Waals surface area contributed by atoms with Crippen molar-refractivity contribution in [1.82, 2.24) is 4.98 Å². The van der Waals surface area contributed by atoms with E-state index in [0.29, 0.717) is 11.3 Å². The normalized spacial score (nSPS) is 10.2. The molecule has 0 fully saturated rings. The Morgan fingerprint density at radius 2 is 2.36 bits per heavy atom. The summed E-state index contributed by atoms with van der Waals surface area (Å²) in [6.07, 6.45) is 0. The van der Waals surface area contributed by atoms with Crippen LogP contribution in [0.4, 0.5) is 0 Å². The Balaban J connectivity index is 3.21. The number of halogens is 1. The van der Waals surface area contributed by atoms with Crippen LogP contribution in [0, 0.1) is 6.92 Å². The van der Waals surface area contributed by atoms with E-state index in [4.69, 9.17) is 21.4 Å². The monoisotopic (exact) mass is 215 g/mol. The molecule has 0 aliphatic carbocycles. The molecule has 1 aromatic rings. The minimum absolute atomic E-state index is 0.126. The topological polar surface area (TPSA) is 59.4 Å². The van der Waals surface area contributed by atoms with Crippen molar-refractivity contribution >= 4 is 17.6 Å². The second-order valence-corrected chi connectivity index (χ2v) is 3.21. The maximum atomic E-state index is 10.7. The summed E-state index contributed by atoms with van der Waals surface area (Å²) in [6.45, 7) is 2.01. The highest BCUT2D eigenvalue weighted by Crippen LogP contribution is 2.20. The highest BCUT2D eigenvalue weighted by molar-refractivity contribution is 6.33. The number of carboxylic acids is 1. The van der Waals surface area contributed by atoms with E-state index in [1.54, 1.807) is 13.0 Å². The highest BCUT2D eigenvalue weighted by Gasteiger charge is 2.14. The van der Waals surface area contributed by atoms with E-state index in [2.05, 4.69) is 4.98 Å². The first-order valence-corrected chi connectivity index (χ1v) is 4.32. The van der Waals surface area contributed by atoms with E-state index < -0.39 is 5.97 Å². The van der Waals surface area contributed by atoms with Crippen LogP contribution in [-0.4, -0.2) is 23.2 Å². The predicted octanol–water partition coefficient (Wildman–Crippen LogP) is 1.89. The van der Waals surface area contributed by atoms with Crippen LogP contribution in [0.25, 0.3) is 0 Å². The molecule has 1 N–H and O–H groups in total. The van der Waals surface area contributed by atoms with Gasteiger partial charge in [-0.15, -0.1) is 0 Å². The minimum Gasteiger partial charge on any atom is -0.476 e. The van der Waals surface area contributed by atoms with Crippen LogP contribution in [-0.2, 0) is 11.3 Å². The van der Waals surface area contributed by atoms with Crippen LogP contribution in [0.15, 0.2) is 6.07 Å². The number of aromatic nitrogens is 1. The fourth-order valence-electron chi connectivity index (χ4n) is 1.09. The van der Waals surface area contributed by atoms with E-state index >= 15 is 0 Å². The predicted molar refractivity (Wildman–Crippen MR) is 51.7 cm³/mol. The first kappa shape index (κ1) is 10.9. The molecule has 4 nitrogen and oxygen atoms in total. The third-order valence-electron chi connectivity index (χ3n) is 1.69. The van der Waals surface area contributed by atoms with E-state index in [1.807, 2.05) is 0 Å². The fraction of sp³-hybridized carbons (Fsp3) is 0.333. The van der Waals surface area contributed by atoms with Gasteiger partial charge in [-0.25, -0.2) is 9.78 Å². The van der Waals surface area contributed by atoms with Gasteiger partial charge < -0.3 is 9.84 Å². The summed E-state index contributed by atoms with van der Waals surface area (Å²) in [7, 11) is 1.52. The second kappa shape index (κ2) is 4.39. The van der Waals surface area contributed by atoms with E-state index in [0.717, 1.165) is 0 Å². The van der Waals surface area contributed by atoms with Crippen molar-refractivity contribution in [1.29, 1.82) is 0 Å². The van der Waals surface area contributed by atoms with Gasteiger partial charge in [0.05, 0.1) is 17.3 Å². The average molecular weight is 216 g/mol. The van der Waals surface area contributed by atoms with Gasteiger partial charge in [-0.1, -0.05) is 11.6 Å². The van der Waals surface area contributed by atoms with Gasteiger partial charge in [0.15, 0.2) is 5.69 Å². The summed E-state index contributed by atoms with van der Waals surface area (Å²) >= 11 is 5.78. The molecule has 14 heavy (non-hydrogen) atoms. The van der Waals surface area contributed by atoms with Gasteiger partial charge in [-0.05, 0) is 18.6 Å². The third-order valence-corrected chi connectivity index (χ3v) is 2.16. The van der Waals surface area contributed by atoms with Gasteiger partial charge >= 0.3 is 5.97 Å². The van der Waals surface area contributed by atoms with Crippen molar-refractivity contribution in [3.63, 3.8) is 0 Å². The molecule has 1 rings (SSSR count). The van der Waals surface area contributed by atoms with Gasteiger partial charge in [0.1, 0.15) is 0 Å². The third kappa shape index (κ3) is 2.21. The molecule has 0 aliphatic heterocycles. The Bertz CT molecular complexity index is 365. The number of nitrogens with zero attached hydrogens (tertiary/aromatic N) is 1. The molecule has 0 aliphatic rings. The van der Waals surface area contributed by atoms with Crippen molar-refractivity contribution < 1.29 is 14.6 Å². The molecule has 0 amide bonds. The number of carbonyl (C=O) groups is 1. The zero-order valence-electron chi connectivity index (χ0n) is 7.87. The number of carboxylic acid groups (broad SMARTS) is 1. The largest absolute Gasteiger partial charge is 0.476 e. The molecule has 0 radical (unpaired) electrons. The molecule has 0 saturated carbocycles. The molecule has 0 aromatic carbocycles. The molecule has 1 aromatic heterocycles. The van der Waals surface area contributed by atoms with Crippen LogP contribution >= 0.6 is 11.6 Å². The number of pyridine rings is 1. The number of aryl methyl sites for hydroxylation is 1. The standard InChI is InChI=1S/C9H10ClNO3/c1-5-3-6(4-14-2)11-8(7(5)10)9(12)13/h3H,4H2,1-2H3,(H,12,13). The summed E-state index contributed by atoms with van der Waals surface area (Å²) in [5.41, 5.74) is 1.12. The average Bonchev–Trinajstić information content (AvgIpc) is 2.11. The maximum Gasteiger partial charge on any atom is 0.356 e. The van der Waals surface area contributed by atoms with Crippen molar-refractivity contribution in [2.24, 2.45) is 0 Å². The number of methoxy groups -OCH3 is 1. The van der Waals surface area contributed by atoms with Crippen LogP contribution < -0.4 is 0 Å². The van der Waals surface area contributed by atoms with E-state index in [9.17, 15) is 4.79 Å². The van der Waals surface area contributed by atoms with Gasteiger partial charge in [0.25, 0.3) is 0 Å². The molecule has 0 saturated heterocycles. The first-order chi connectivity index (χ1) is 6.56. The quantitative estimate of drug-likeness (QED) is 0.837. The van der Waals surface area contributed by atoms with E-state index in [-0.39, 0.29) is 17.3 Å². The second-order valence-electron chi connectivity index (χ2n) is 2.83. The maximum absolute atomic E-state index is 10.7. The van der Waals surface area contributed by atoms with Crippen LogP contribution in [0.3, 0.4) is 0 Å². The number of aromatic carboxylic acids is 1. The Hall–Kier alpha value is -1.13. The Kier molecular flexibility index (Phi) is 3.43. The lowest BCUT2D eigenvalue weighted by molar-refractivity contribution is 0.0689. The Morgan fingerprint density at radius 3 is 2.86 bits per heavy atom. The molecule has 0 bridgehead atoms. The first-order valence-electron chi connectivity index (χ1n) is 3.94. The molecule has 5 heteroatoms. The molecule has 1 heterocycles. The van der Waals surface area contributed by atoms with E-state index in [1.165, 1.54) is 7.11 Å². The van der Waals surface area contributed by atoms with Crippen molar-refractivity contribution in [3.05, 3.63) is 28.0 Å². The lowest BCUT2D eigenvalue weighted by atomic mass is 10.2. The number of rotatable bonds is 3. The summed E-state index contributed by atoms with van der Waals surface area (Å²) in [4.78, 5) is 14.6. The van der Waals surface area contributed by atoms with Gasteiger partial charge in [-0.3, -0.25) is 0 Å². The lowest BCUT2D eigenvalue weighted by Gasteiger charge is -2.05. The Labute approximate surface area is 86.5 Å². The Morgan fingerprint density at radius 1 is 1.71 bits per heavy atom. The fourth-order valence-corrected chi connectivity index (χ4v) is 1.27. The molecular formula is C9H10ClNO3. The summed E-state index contributed by atoms with van der Waals surface area (Å²) in [5.74, 6) is -1.13. The minimum atomic E-state index is -1.13. The van der Waals surface area contributed by atoms with Crippen molar-refractivity contribution in [3.8, 4) is 0 Å². The van der Waals surface area contributed by atoms with Crippen molar-refractivity contribution in [2.75, 3.05) is 7.11 Å². The number of ether oxygens (including phenoxy) is 1. The van der Waals surface area contributed by atoms with Crippen molar-refractivity contribution in [2.45, 2.75) is 13.5 Å². The van der Waals surface area contributed by atoms with Crippen LogP contribution in [0.5, 0.6) is 0 Å². The van der Waals surface area contributed by atoms with Gasteiger partial charge in [0.2, 0.25) is 0 Å². The summed E-state index contributed by atoms with van der Waals surface area (Å²) in [6, 6.07) is 1.71. The van der Waals surface area contributed by atoms with Crippen LogP contribution in [0.1, 0.15) is 21.7 Å². The summed E-state index contributed by atoms with van der Waals surface area (Å²) in [5, 5.41) is 8.97.